The van der Waals surface area contributed by atoms with Gasteiger partial charge in [-0.2, -0.15) is 5.10 Å². The summed E-state index contributed by atoms with van der Waals surface area (Å²) in [5.74, 6) is 0. The molecular weight excluding hydrogens is 388 g/mol. The molecule has 3 heterocycles. The van der Waals surface area contributed by atoms with Crippen molar-refractivity contribution in [2.45, 2.75) is 25.5 Å². The Morgan fingerprint density at radius 3 is 2.94 bits per heavy atom. The largest absolute Gasteiger partial charge is 0.356 e. The van der Waals surface area contributed by atoms with E-state index < -0.39 is 0 Å². The number of rotatable bonds is 1. The van der Waals surface area contributed by atoms with Crippen LogP contribution in [0.2, 0.25) is 10.3 Å². The van der Waals surface area contributed by atoms with Gasteiger partial charge in [0.25, 0.3) is 0 Å². The number of hydrogen-bond acceptors (Lipinski definition) is 3. The van der Waals surface area contributed by atoms with Gasteiger partial charge >= 0.3 is 0 Å². The predicted octanol–water partition coefficient (Wildman–Crippen LogP) is 4.04. The van der Waals surface area contributed by atoms with Crippen molar-refractivity contribution in [1.29, 1.82) is 0 Å². The molecule has 1 aliphatic heterocycles. The molecule has 1 atom stereocenters. The van der Waals surface area contributed by atoms with Gasteiger partial charge in [-0.25, -0.2) is 9.67 Å². The molecule has 7 heteroatoms. The molecule has 18 heavy (non-hydrogen) atoms. The first-order chi connectivity index (χ1) is 8.66. The van der Waals surface area contributed by atoms with E-state index in [1.807, 2.05) is 4.68 Å². The highest BCUT2D eigenvalue weighted by molar-refractivity contribution is 14.1. The second-order valence-corrected chi connectivity index (χ2v) is 5.95. The van der Waals surface area contributed by atoms with Crippen molar-refractivity contribution >= 4 is 56.7 Å². The summed E-state index contributed by atoms with van der Waals surface area (Å²) in [5.41, 5.74) is 0.885. The summed E-state index contributed by atoms with van der Waals surface area (Å²) in [6, 6.07) is 1.79. The average molecular weight is 398 g/mol. The van der Waals surface area contributed by atoms with Crippen molar-refractivity contribution in [1.82, 2.24) is 14.8 Å². The topological polar surface area (TPSA) is 39.9 Å². The Morgan fingerprint density at radius 2 is 2.22 bits per heavy atom. The second kappa shape index (κ2) is 5.11. The van der Waals surface area contributed by atoms with Crippen molar-refractivity contribution in [2.75, 3.05) is 6.61 Å². The van der Waals surface area contributed by atoms with E-state index in [-0.39, 0.29) is 6.23 Å². The van der Waals surface area contributed by atoms with E-state index in [1.165, 1.54) is 0 Å². The maximum atomic E-state index is 6.13. The molecule has 2 aromatic heterocycles. The van der Waals surface area contributed by atoms with Gasteiger partial charge in [0, 0.05) is 12.7 Å². The maximum Gasteiger partial charge on any atom is 0.150 e. The number of pyridine rings is 1. The van der Waals surface area contributed by atoms with Gasteiger partial charge < -0.3 is 4.74 Å². The zero-order chi connectivity index (χ0) is 12.7. The Hall–Kier alpha value is -0.110. The quantitative estimate of drug-likeness (QED) is 0.538. The van der Waals surface area contributed by atoms with Crippen LogP contribution >= 0.6 is 45.8 Å². The van der Waals surface area contributed by atoms with Crippen LogP contribution in [-0.2, 0) is 4.74 Å². The van der Waals surface area contributed by atoms with Crippen molar-refractivity contribution in [3.05, 3.63) is 20.1 Å². The van der Waals surface area contributed by atoms with Crippen molar-refractivity contribution in [3.8, 4) is 0 Å². The SMILES string of the molecule is Clc1cc2c(c(Cl)n1)c(I)nn2C1CCCCO1. The molecule has 1 saturated heterocycles. The molecule has 96 valence electrons. The van der Waals surface area contributed by atoms with E-state index >= 15 is 0 Å². The summed E-state index contributed by atoms with van der Waals surface area (Å²) in [6.45, 7) is 0.773. The molecule has 1 aliphatic rings. The Kier molecular flexibility index (Phi) is 3.66. The summed E-state index contributed by atoms with van der Waals surface area (Å²) in [5, 5.41) is 6.12. The first kappa shape index (κ1) is 12.9. The normalized spacial score (nSPS) is 20.5. The van der Waals surface area contributed by atoms with Crippen molar-refractivity contribution in [3.63, 3.8) is 0 Å². The second-order valence-electron chi connectivity index (χ2n) is 4.19. The zero-order valence-electron chi connectivity index (χ0n) is 9.37. The predicted molar refractivity (Wildman–Crippen MR) is 79.1 cm³/mol. The lowest BCUT2D eigenvalue weighted by molar-refractivity contribution is -0.0368. The van der Waals surface area contributed by atoms with Crippen LogP contribution in [0, 0.1) is 3.70 Å². The van der Waals surface area contributed by atoms with Crippen LogP contribution in [0.15, 0.2) is 6.07 Å². The van der Waals surface area contributed by atoms with Crippen LogP contribution in [0.1, 0.15) is 25.5 Å². The van der Waals surface area contributed by atoms with E-state index in [9.17, 15) is 0 Å². The number of halogens is 3. The standard InChI is InChI=1S/C11H10Cl2IN3O/c12-7-5-6-9(10(13)15-7)11(14)16-17(6)8-3-1-2-4-18-8/h5,8H,1-4H2. The zero-order valence-corrected chi connectivity index (χ0v) is 13.0. The van der Waals surface area contributed by atoms with Gasteiger partial charge in [0.15, 0.2) is 6.23 Å². The highest BCUT2D eigenvalue weighted by Gasteiger charge is 2.22. The minimum absolute atomic E-state index is 0.0284. The van der Waals surface area contributed by atoms with Crippen molar-refractivity contribution < 1.29 is 4.74 Å². The fourth-order valence-electron chi connectivity index (χ4n) is 2.18. The molecule has 0 aromatic carbocycles. The summed E-state index contributed by atoms with van der Waals surface area (Å²) >= 11 is 14.2. The first-order valence-electron chi connectivity index (χ1n) is 5.68. The molecule has 4 nitrogen and oxygen atoms in total. The molecule has 0 bridgehead atoms. The van der Waals surface area contributed by atoms with Gasteiger partial charge in [-0.1, -0.05) is 23.2 Å². The Labute approximate surface area is 128 Å². The van der Waals surface area contributed by atoms with E-state index in [2.05, 4.69) is 32.7 Å². The minimum Gasteiger partial charge on any atom is -0.356 e. The Balaban J connectivity index is 2.17. The van der Waals surface area contributed by atoms with Crippen LogP contribution in [0.4, 0.5) is 0 Å². The van der Waals surface area contributed by atoms with Gasteiger partial charge in [-0.3, -0.25) is 0 Å². The molecular formula is C11H10Cl2IN3O. The summed E-state index contributed by atoms with van der Waals surface area (Å²) in [4.78, 5) is 4.05. The Bertz CT molecular complexity index is 595. The smallest absolute Gasteiger partial charge is 0.150 e. The first-order valence-corrected chi connectivity index (χ1v) is 7.51. The van der Waals surface area contributed by atoms with Crippen LogP contribution in [0.25, 0.3) is 10.9 Å². The maximum absolute atomic E-state index is 6.13. The van der Waals surface area contributed by atoms with Crippen LogP contribution < -0.4 is 0 Å². The number of nitrogens with zero attached hydrogens (tertiary/aromatic N) is 3. The number of ether oxygens (including phenoxy) is 1. The third-order valence-electron chi connectivity index (χ3n) is 3.00. The number of fused-ring (bicyclic) bond motifs is 1. The van der Waals surface area contributed by atoms with Crippen LogP contribution in [-0.4, -0.2) is 21.4 Å². The fraction of sp³-hybridized carbons (Fsp3) is 0.455. The fourth-order valence-corrected chi connectivity index (χ4v) is 3.61. The van der Waals surface area contributed by atoms with Gasteiger partial charge in [0.2, 0.25) is 0 Å². The van der Waals surface area contributed by atoms with E-state index in [1.54, 1.807) is 6.07 Å². The van der Waals surface area contributed by atoms with Gasteiger partial charge in [-0.05, 0) is 41.9 Å². The molecule has 1 fully saturated rings. The summed E-state index contributed by atoms with van der Waals surface area (Å²) < 4.78 is 8.45. The lowest BCUT2D eigenvalue weighted by atomic mass is 10.2. The van der Waals surface area contributed by atoms with Crippen LogP contribution in [0.3, 0.4) is 0 Å². The molecule has 0 radical (unpaired) electrons. The Morgan fingerprint density at radius 1 is 1.39 bits per heavy atom. The molecule has 0 N–H and O–H groups in total. The number of aromatic nitrogens is 3. The highest BCUT2D eigenvalue weighted by atomic mass is 127. The minimum atomic E-state index is -0.0284. The average Bonchev–Trinajstić information content (AvgIpc) is 2.67. The van der Waals surface area contributed by atoms with E-state index in [4.69, 9.17) is 27.9 Å². The van der Waals surface area contributed by atoms with Gasteiger partial charge in [-0.15, -0.1) is 0 Å². The highest BCUT2D eigenvalue weighted by Crippen LogP contribution is 2.33. The molecule has 0 saturated carbocycles. The third kappa shape index (κ3) is 2.21. The number of hydrogen-bond donors (Lipinski definition) is 0. The monoisotopic (exact) mass is 397 g/mol. The van der Waals surface area contributed by atoms with E-state index in [0.29, 0.717) is 10.3 Å². The van der Waals surface area contributed by atoms with E-state index in [0.717, 1.165) is 40.5 Å². The lowest BCUT2D eigenvalue weighted by Gasteiger charge is -2.23. The molecule has 0 spiro atoms. The van der Waals surface area contributed by atoms with Gasteiger partial charge in [0.05, 0.1) is 10.9 Å². The molecule has 3 rings (SSSR count). The molecule has 2 aromatic rings. The molecule has 0 aliphatic carbocycles. The van der Waals surface area contributed by atoms with Crippen molar-refractivity contribution in [2.24, 2.45) is 0 Å². The van der Waals surface area contributed by atoms with Gasteiger partial charge in [0.1, 0.15) is 14.0 Å². The lowest BCUT2D eigenvalue weighted by Crippen LogP contribution is -2.19. The molecule has 1 unspecified atom stereocenters. The third-order valence-corrected chi connectivity index (χ3v) is 4.22. The molecule has 0 amide bonds. The summed E-state index contributed by atoms with van der Waals surface area (Å²) in [6.07, 6.45) is 3.19. The van der Waals surface area contributed by atoms with Crippen LogP contribution in [0.5, 0.6) is 0 Å². The summed E-state index contributed by atoms with van der Waals surface area (Å²) in [7, 11) is 0.